The standard InChI is InChI=1S/C11H22N2O3S/c1-8(2)11(5-6-12-7-11)10(14)13-17(15,16)9(3)4/h8-9,12H,5-7H2,1-4H3,(H,13,14). The van der Waals surface area contributed by atoms with Crippen molar-refractivity contribution in [3.63, 3.8) is 0 Å². The molecule has 1 unspecified atom stereocenters. The van der Waals surface area contributed by atoms with E-state index < -0.39 is 20.7 Å². The molecule has 0 saturated carbocycles. The monoisotopic (exact) mass is 262 g/mol. The molecule has 6 heteroatoms. The molecule has 1 rings (SSSR count). The van der Waals surface area contributed by atoms with Crippen LogP contribution in [0.3, 0.4) is 0 Å². The van der Waals surface area contributed by atoms with Crippen LogP contribution in [-0.2, 0) is 14.8 Å². The van der Waals surface area contributed by atoms with Crippen molar-refractivity contribution in [1.82, 2.24) is 10.0 Å². The van der Waals surface area contributed by atoms with E-state index in [4.69, 9.17) is 0 Å². The normalized spacial score (nSPS) is 25.5. The predicted octanol–water partition coefficient (Wildman–Crippen LogP) is 0.477. The van der Waals surface area contributed by atoms with Gasteiger partial charge in [0.25, 0.3) is 0 Å². The predicted molar refractivity (Wildman–Crippen MR) is 67.0 cm³/mol. The SMILES string of the molecule is CC(C)C1(C(=O)NS(=O)(=O)C(C)C)CCNC1. The van der Waals surface area contributed by atoms with Crippen molar-refractivity contribution >= 4 is 15.9 Å². The summed E-state index contributed by atoms with van der Waals surface area (Å²) in [6, 6.07) is 0. The van der Waals surface area contributed by atoms with Gasteiger partial charge in [0, 0.05) is 6.54 Å². The first-order valence-corrected chi connectivity index (χ1v) is 7.54. The van der Waals surface area contributed by atoms with Crippen LogP contribution in [0.5, 0.6) is 0 Å². The second kappa shape index (κ2) is 4.94. The largest absolute Gasteiger partial charge is 0.316 e. The van der Waals surface area contributed by atoms with E-state index in [-0.39, 0.29) is 11.8 Å². The summed E-state index contributed by atoms with van der Waals surface area (Å²) in [7, 11) is -3.53. The van der Waals surface area contributed by atoms with Crippen molar-refractivity contribution in [1.29, 1.82) is 0 Å². The summed E-state index contributed by atoms with van der Waals surface area (Å²) < 4.78 is 25.6. The van der Waals surface area contributed by atoms with E-state index in [0.29, 0.717) is 13.0 Å². The lowest BCUT2D eigenvalue weighted by Crippen LogP contribution is -2.49. The van der Waals surface area contributed by atoms with E-state index in [9.17, 15) is 13.2 Å². The third-order valence-electron chi connectivity index (χ3n) is 3.60. The third-order valence-corrected chi connectivity index (χ3v) is 5.31. The summed E-state index contributed by atoms with van der Waals surface area (Å²) in [5, 5.41) is 2.54. The highest BCUT2D eigenvalue weighted by Gasteiger charge is 2.45. The second-order valence-electron chi connectivity index (χ2n) is 5.26. The number of hydrogen-bond acceptors (Lipinski definition) is 4. The number of nitrogens with one attached hydrogen (secondary N) is 2. The molecule has 2 N–H and O–H groups in total. The van der Waals surface area contributed by atoms with Crippen LogP contribution in [0.15, 0.2) is 0 Å². The molecule has 5 nitrogen and oxygen atoms in total. The molecule has 0 aromatic carbocycles. The Morgan fingerprint density at radius 1 is 1.29 bits per heavy atom. The average molecular weight is 262 g/mol. The van der Waals surface area contributed by atoms with E-state index in [2.05, 4.69) is 10.0 Å². The maximum Gasteiger partial charge on any atom is 0.241 e. The van der Waals surface area contributed by atoms with Gasteiger partial charge in [0.1, 0.15) is 0 Å². The smallest absolute Gasteiger partial charge is 0.241 e. The number of hydrogen-bond donors (Lipinski definition) is 2. The average Bonchev–Trinajstić information content (AvgIpc) is 2.66. The number of carbonyl (C=O) groups is 1. The molecule has 0 spiro atoms. The quantitative estimate of drug-likeness (QED) is 0.772. The van der Waals surface area contributed by atoms with Crippen LogP contribution in [0, 0.1) is 11.3 Å². The Kier molecular flexibility index (Phi) is 4.19. The summed E-state index contributed by atoms with van der Waals surface area (Å²) in [6.45, 7) is 8.33. The Morgan fingerprint density at radius 2 is 1.88 bits per heavy atom. The molecule has 1 aliphatic rings. The molecule has 1 saturated heterocycles. The highest BCUT2D eigenvalue weighted by Crippen LogP contribution is 2.34. The van der Waals surface area contributed by atoms with Gasteiger partial charge in [-0.2, -0.15) is 0 Å². The van der Waals surface area contributed by atoms with Crippen LogP contribution in [0.4, 0.5) is 0 Å². The zero-order valence-corrected chi connectivity index (χ0v) is 11.7. The summed E-state index contributed by atoms with van der Waals surface area (Å²) >= 11 is 0. The van der Waals surface area contributed by atoms with Crippen LogP contribution in [0.1, 0.15) is 34.1 Å². The number of rotatable bonds is 4. The van der Waals surface area contributed by atoms with Crippen molar-refractivity contribution in [3.05, 3.63) is 0 Å². The first kappa shape index (κ1) is 14.4. The van der Waals surface area contributed by atoms with Gasteiger partial charge in [-0.05, 0) is 32.7 Å². The Bertz CT molecular complexity index is 382. The topological polar surface area (TPSA) is 75.3 Å². The Balaban J connectivity index is 2.89. The summed E-state index contributed by atoms with van der Waals surface area (Å²) in [6.07, 6.45) is 0.685. The van der Waals surface area contributed by atoms with Crippen LogP contribution < -0.4 is 10.0 Å². The lowest BCUT2D eigenvalue weighted by Gasteiger charge is -2.31. The highest BCUT2D eigenvalue weighted by molar-refractivity contribution is 7.90. The van der Waals surface area contributed by atoms with Gasteiger partial charge in [-0.25, -0.2) is 8.42 Å². The fraction of sp³-hybridized carbons (Fsp3) is 0.909. The van der Waals surface area contributed by atoms with Crippen molar-refractivity contribution in [2.24, 2.45) is 11.3 Å². The van der Waals surface area contributed by atoms with Gasteiger partial charge in [0.2, 0.25) is 15.9 Å². The molecular formula is C11H22N2O3S. The van der Waals surface area contributed by atoms with Gasteiger partial charge < -0.3 is 5.32 Å². The van der Waals surface area contributed by atoms with Crippen molar-refractivity contribution in [2.45, 2.75) is 39.4 Å². The van der Waals surface area contributed by atoms with Crippen molar-refractivity contribution < 1.29 is 13.2 Å². The second-order valence-corrected chi connectivity index (χ2v) is 7.50. The molecule has 1 heterocycles. The van der Waals surface area contributed by atoms with Crippen molar-refractivity contribution in [2.75, 3.05) is 13.1 Å². The summed E-state index contributed by atoms with van der Waals surface area (Å²) in [5.41, 5.74) is -0.595. The molecule has 1 atom stereocenters. The molecule has 0 aliphatic carbocycles. The summed E-state index contributed by atoms with van der Waals surface area (Å²) in [5.74, 6) is -0.258. The molecule has 1 amide bonds. The van der Waals surface area contributed by atoms with Crippen LogP contribution in [-0.4, -0.2) is 32.7 Å². The highest BCUT2D eigenvalue weighted by atomic mass is 32.2. The molecule has 0 bridgehead atoms. The first-order chi connectivity index (χ1) is 7.72. The Labute approximate surface area is 103 Å². The van der Waals surface area contributed by atoms with E-state index >= 15 is 0 Å². The first-order valence-electron chi connectivity index (χ1n) is 5.99. The van der Waals surface area contributed by atoms with Gasteiger partial charge in [-0.3, -0.25) is 9.52 Å². The molecule has 0 aromatic rings. The molecule has 0 radical (unpaired) electrons. The van der Waals surface area contributed by atoms with E-state index in [1.807, 2.05) is 13.8 Å². The van der Waals surface area contributed by atoms with Gasteiger partial charge in [0.15, 0.2) is 0 Å². The Morgan fingerprint density at radius 3 is 2.24 bits per heavy atom. The minimum absolute atomic E-state index is 0.111. The molecule has 100 valence electrons. The number of sulfonamides is 1. The summed E-state index contributed by atoms with van der Waals surface area (Å²) in [4.78, 5) is 12.2. The van der Waals surface area contributed by atoms with Crippen LogP contribution in [0.25, 0.3) is 0 Å². The van der Waals surface area contributed by atoms with E-state index in [1.165, 1.54) is 0 Å². The van der Waals surface area contributed by atoms with Gasteiger partial charge in [-0.1, -0.05) is 13.8 Å². The fourth-order valence-electron chi connectivity index (χ4n) is 2.01. The van der Waals surface area contributed by atoms with E-state index in [1.54, 1.807) is 13.8 Å². The van der Waals surface area contributed by atoms with Gasteiger partial charge >= 0.3 is 0 Å². The number of amides is 1. The van der Waals surface area contributed by atoms with Crippen LogP contribution in [0.2, 0.25) is 0 Å². The molecule has 17 heavy (non-hydrogen) atoms. The lowest BCUT2D eigenvalue weighted by atomic mass is 9.76. The maximum absolute atomic E-state index is 12.2. The van der Waals surface area contributed by atoms with E-state index in [0.717, 1.165) is 6.54 Å². The molecule has 1 aliphatic heterocycles. The maximum atomic E-state index is 12.2. The molecular weight excluding hydrogens is 240 g/mol. The van der Waals surface area contributed by atoms with Gasteiger partial charge in [-0.15, -0.1) is 0 Å². The zero-order chi connectivity index (χ0) is 13.3. The minimum Gasteiger partial charge on any atom is -0.316 e. The zero-order valence-electron chi connectivity index (χ0n) is 10.9. The molecule has 0 aromatic heterocycles. The number of carbonyl (C=O) groups excluding carboxylic acids is 1. The van der Waals surface area contributed by atoms with Crippen molar-refractivity contribution in [3.8, 4) is 0 Å². The third kappa shape index (κ3) is 2.80. The fourth-order valence-corrected chi connectivity index (χ4v) is 2.71. The lowest BCUT2D eigenvalue weighted by molar-refractivity contribution is -0.130. The Hall–Kier alpha value is -0.620. The van der Waals surface area contributed by atoms with Gasteiger partial charge in [0.05, 0.1) is 10.7 Å². The molecule has 1 fully saturated rings. The van der Waals surface area contributed by atoms with Crippen LogP contribution >= 0.6 is 0 Å². The minimum atomic E-state index is -3.53.